The van der Waals surface area contributed by atoms with Gasteiger partial charge in [0, 0.05) is 12.1 Å². The van der Waals surface area contributed by atoms with E-state index in [0.717, 1.165) is 12.8 Å². The molecule has 80 valence electrons. The number of piperidine rings is 1. The molecular formula is C10H17NO3. The van der Waals surface area contributed by atoms with Crippen molar-refractivity contribution in [1.29, 1.82) is 0 Å². The molecule has 0 aliphatic carbocycles. The molecule has 0 aromatic heterocycles. The van der Waals surface area contributed by atoms with E-state index in [0.29, 0.717) is 12.5 Å². The highest BCUT2D eigenvalue weighted by Gasteiger charge is 2.48. The van der Waals surface area contributed by atoms with E-state index in [4.69, 9.17) is 4.74 Å². The number of carbonyl (C=O) groups excluding carboxylic acids is 1. The molecule has 2 bridgehead atoms. The molecule has 2 aliphatic rings. The summed E-state index contributed by atoms with van der Waals surface area (Å²) in [6.07, 6.45) is 2.27. The predicted octanol–water partition coefficient (Wildman–Crippen LogP) is 0.00300. The zero-order valence-corrected chi connectivity index (χ0v) is 8.64. The molecule has 0 spiro atoms. The monoisotopic (exact) mass is 199 g/mol. The Labute approximate surface area is 83.8 Å². The maximum Gasteiger partial charge on any atom is 0.312 e. The van der Waals surface area contributed by atoms with Crippen LogP contribution in [0.2, 0.25) is 0 Å². The van der Waals surface area contributed by atoms with Crippen LogP contribution in [0.25, 0.3) is 0 Å². The Morgan fingerprint density at radius 1 is 1.50 bits per heavy atom. The van der Waals surface area contributed by atoms with Gasteiger partial charge in [-0.15, -0.1) is 0 Å². The van der Waals surface area contributed by atoms with Crippen molar-refractivity contribution < 1.29 is 14.6 Å². The Hall–Kier alpha value is -0.610. The third kappa shape index (κ3) is 1.33. The highest BCUT2D eigenvalue weighted by Crippen LogP contribution is 2.38. The molecule has 0 saturated carbocycles. The van der Waals surface area contributed by atoms with Crippen molar-refractivity contribution in [2.24, 2.45) is 5.92 Å². The zero-order valence-electron chi connectivity index (χ0n) is 8.64. The van der Waals surface area contributed by atoms with Crippen molar-refractivity contribution >= 4 is 5.97 Å². The van der Waals surface area contributed by atoms with Gasteiger partial charge >= 0.3 is 5.97 Å². The highest BCUT2D eigenvalue weighted by atomic mass is 16.5. The van der Waals surface area contributed by atoms with Crippen LogP contribution in [0.15, 0.2) is 0 Å². The quantitative estimate of drug-likeness (QED) is 0.604. The second kappa shape index (κ2) is 3.51. The lowest BCUT2D eigenvalue weighted by Crippen LogP contribution is -2.52. The second-order valence-corrected chi connectivity index (χ2v) is 4.32. The number of nitrogens with zero attached hydrogens (tertiary/aromatic N) is 1. The van der Waals surface area contributed by atoms with Crippen LogP contribution >= 0.6 is 0 Å². The van der Waals surface area contributed by atoms with Crippen LogP contribution in [-0.2, 0) is 9.53 Å². The van der Waals surface area contributed by atoms with Gasteiger partial charge < -0.3 is 9.84 Å². The number of fused-ring (bicyclic) bond motifs is 2. The van der Waals surface area contributed by atoms with Crippen molar-refractivity contribution in [2.45, 2.75) is 37.5 Å². The van der Waals surface area contributed by atoms with E-state index in [-0.39, 0.29) is 17.9 Å². The Morgan fingerprint density at radius 2 is 2.21 bits per heavy atom. The second-order valence-electron chi connectivity index (χ2n) is 4.32. The number of esters is 1. The number of hydrogen-bond donors (Lipinski definition) is 1. The Bertz CT molecular complexity index is 244. The molecule has 2 saturated heterocycles. The van der Waals surface area contributed by atoms with Crippen LogP contribution in [0.3, 0.4) is 0 Å². The van der Waals surface area contributed by atoms with Crippen molar-refractivity contribution in [1.82, 2.24) is 4.90 Å². The molecule has 4 nitrogen and oxygen atoms in total. The molecule has 0 radical (unpaired) electrons. The first kappa shape index (κ1) is 9.93. The Kier molecular flexibility index (Phi) is 2.49. The molecule has 2 heterocycles. The molecule has 4 heteroatoms. The largest absolute Gasteiger partial charge is 0.469 e. The number of aliphatic hydroxyl groups excluding tert-OH is 1. The first-order chi connectivity index (χ1) is 6.65. The van der Waals surface area contributed by atoms with Gasteiger partial charge in [-0.3, -0.25) is 9.69 Å². The smallest absolute Gasteiger partial charge is 0.312 e. The molecule has 0 amide bonds. The molecular weight excluding hydrogens is 182 g/mol. The first-order valence-electron chi connectivity index (χ1n) is 5.13. The summed E-state index contributed by atoms with van der Waals surface area (Å²) < 4.78 is 4.73. The summed E-state index contributed by atoms with van der Waals surface area (Å²) in [6.45, 7) is 0. The van der Waals surface area contributed by atoms with Gasteiger partial charge in [-0.05, 0) is 26.3 Å². The van der Waals surface area contributed by atoms with Crippen LogP contribution in [0.4, 0.5) is 0 Å². The average molecular weight is 199 g/mol. The Morgan fingerprint density at radius 3 is 2.86 bits per heavy atom. The fraction of sp³-hybridized carbons (Fsp3) is 0.900. The summed E-state index contributed by atoms with van der Waals surface area (Å²) in [7, 11) is 3.42. The number of ether oxygens (including phenoxy) is 1. The minimum absolute atomic E-state index is 0.177. The standard InChI is InChI=1S/C10H17NO3/c1-11-6-3-4-7(11)9(8(12)5-6)10(13)14-2/h6-9,12H,3-5H2,1-2H3/t6-,7+,8-,9-/m0/s1. The number of methoxy groups -OCH3 is 1. The van der Waals surface area contributed by atoms with Crippen LogP contribution in [0, 0.1) is 5.92 Å². The molecule has 2 rings (SSSR count). The molecule has 14 heavy (non-hydrogen) atoms. The molecule has 2 aliphatic heterocycles. The highest BCUT2D eigenvalue weighted by molar-refractivity contribution is 5.74. The van der Waals surface area contributed by atoms with Crippen molar-refractivity contribution in [3.8, 4) is 0 Å². The van der Waals surface area contributed by atoms with Gasteiger partial charge in [-0.25, -0.2) is 0 Å². The maximum absolute atomic E-state index is 11.5. The molecule has 0 unspecified atom stereocenters. The molecule has 0 aromatic carbocycles. The van der Waals surface area contributed by atoms with Crippen molar-refractivity contribution in [3.05, 3.63) is 0 Å². The lowest BCUT2D eigenvalue weighted by Gasteiger charge is -2.39. The van der Waals surface area contributed by atoms with Crippen LogP contribution < -0.4 is 0 Å². The summed E-state index contributed by atoms with van der Waals surface area (Å²) in [5, 5.41) is 9.84. The average Bonchev–Trinajstić information content (AvgIpc) is 2.42. The number of aliphatic hydroxyl groups is 1. The topological polar surface area (TPSA) is 49.8 Å². The zero-order chi connectivity index (χ0) is 10.3. The maximum atomic E-state index is 11.5. The summed E-state index contributed by atoms with van der Waals surface area (Å²) in [4.78, 5) is 13.7. The molecule has 0 aromatic rings. The van der Waals surface area contributed by atoms with Crippen molar-refractivity contribution in [2.75, 3.05) is 14.2 Å². The summed E-state index contributed by atoms with van der Waals surface area (Å²) in [5.74, 6) is -0.613. The lowest BCUT2D eigenvalue weighted by molar-refractivity contribution is -0.155. The van der Waals surface area contributed by atoms with Gasteiger partial charge in [0.2, 0.25) is 0 Å². The van der Waals surface area contributed by atoms with E-state index < -0.39 is 6.10 Å². The van der Waals surface area contributed by atoms with Gasteiger partial charge in [0.15, 0.2) is 0 Å². The van der Waals surface area contributed by atoms with Crippen LogP contribution in [-0.4, -0.2) is 48.3 Å². The third-order valence-electron chi connectivity index (χ3n) is 3.71. The molecule has 1 N–H and O–H groups in total. The summed E-state index contributed by atoms with van der Waals surface area (Å²) >= 11 is 0. The van der Waals surface area contributed by atoms with E-state index in [1.54, 1.807) is 0 Å². The fourth-order valence-corrected chi connectivity index (χ4v) is 2.89. The van der Waals surface area contributed by atoms with Gasteiger partial charge in [-0.2, -0.15) is 0 Å². The SMILES string of the molecule is COC(=O)[C@H]1[C@H]2CC[C@@H](C[C@@H]1O)N2C. The van der Waals surface area contributed by atoms with Gasteiger partial charge in [0.25, 0.3) is 0 Å². The van der Waals surface area contributed by atoms with E-state index in [9.17, 15) is 9.90 Å². The third-order valence-corrected chi connectivity index (χ3v) is 3.71. The first-order valence-corrected chi connectivity index (χ1v) is 5.13. The summed E-state index contributed by atoms with van der Waals surface area (Å²) in [6, 6.07) is 0.632. The van der Waals surface area contributed by atoms with Gasteiger partial charge in [-0.1, -0.05) is 0 Å². The minimum Gasteiger partial charge on any atom is -0.469 e. The molecule has 4 atom stereocenters. The van der Waals surface area contributed by atoms with Crippen molar-refractivity contribution in [3.63, 3.8) is 0 Å². The lowest BCUT2D eigenvalue weighted by atomic mass is 9.88. The molecule has 2 fully saturated rings. The van der Waals surface area contributed by atoms with E-state index >= 15 is 0 Å². The Balaban J connectivity index is 2.18. The van der Waals surface area contributed by atoms with E-state index in [2.05, 4.69) is 4.90 Å². The van der Waals surface area contributed by atoms with E-state index in [1.165, 1.54) is 7.11 Å². The number of carbonyl (C=O) groups is 1. The van der Waals surface area contributed by atoms with Crippen LogP contribution in [0.1, 0.15) is 19.3 Å². The summed E-state index contributed by atoms with van der Waals surface area (Å²) in [5.41, 5.74) is 0. The normalized spacial score (nSPS) is 42.5. The number of hydrogen-bond acceptors (Lipinski definition) is 4. The minimum atomic E-state index is -0.517. The predicted molar refractivity (Wildman–Crippen MR) is 50.7 cm³/mol. The van der Waals surface area contributed by atoms with Gasteiger partial charge in [0.1, 0.15) is 0 Å². The van der Waals surface area contributed by atoms with Gasteiger partial charge in [0.05, 0.1) is 19.1 Å². The van der Waals surface area contributed by atoms with E-state index in [1.807, 2.05) is 7.05 Å². The fourth-order valence-electron chi connectivity index (χ4n) is 2.89. The number of rotatable bonds is 1. The van der Waals surface area contributed by atoms with Crippen LogP contribution in [0.5, 0.6) is 0 Å².